The fourth-order valence-corrected chi connectivity index (χ4v) is 2.28. The van der Waals surface area contributed by atoms with E-state index >= 15 is 0 Å². The van der Waals surface area contributed by atoms with Gasteiger partial charge in [-0.25, -0.2) is 0 Å². The van der Waals surface area contributed by atoms with E-state index in [1.807, 2.05) is 82.3 Å². The second-order valence-electron chi connectivity index (χ2n) is 6.65. The van der Waals surface area contributed by atoms with Crippen LogP contribution in [0.15, 0.2) is 54.6 Å². The number of rotatable bonds is 2. The van der Waals surface area contributed by atoms with E-state index in [1.165, 1.54) is 0 Å². The Kier molecular flexibility index (Phi) is 5.24. The van der Waals surface area contributed by atoms with Crippen LogP contribution in [0.1, 0.15) is 55.1 Å². The van der Waals surface area contributed by atoms with Crippen molar-refractivity contribution in [2.75, 3.05) is 0 Å². The maximum absolute atomic E-state index is 12.5. The average Bonchev–Trinajstić information content (AvgIpc) is 2.52. The number of carbonyl (C=O) groups excluding carboxylic acids is 1. The van der Waals surface area contributed by atoms with Crippen LogP contribution in [0, 0.1) is 11.8 Å². The molecular formula is C21H23NO. The van der Waals surface area contributed by atoms with Crippen molar-refractivity contribution < 1.29 is 4.79 Å². The Labute approximate surface area is 138 Å². The Hall–Kier alpha value is -2.53. The number of hydrogen-bond donors (Lipinski definition) is 1. The molecule has 0 saturated carbocycles. The van der Waals surface area contributed by atoms with E-state index in [0.717, 1.165) is 11.1 Å². The molecule has 2 nitrogen and oxygen atoms in total. The maximum atomic E-state index is 12.5. The number of nitrogens with one attached hydrogen (secondary N) is 1. The molecule has 0 aromatic heterocycles. The third kappa shape index (κ3) is 5.00. The van der Waals surface area contributed by atoms with Gasteiger partial charge >= 0.3 is 0 Å². The van der Waals surface area contributed by atoms with Crippen molar-refractivity contribution in [3.63, 3.8) is 0 Å². The lowest BCUT2D eigenvalue weighted by Gasteiger charge is -2.22. The van der Waals surface area contributed by atoms with Gasteiger partial charge in [-0.2, -0.15) is 0 Å². The summed E-state index contributed by atoms with van der Waals surface area (Å²) in [5.74, 6) is 6.35. The van der Waals surface area contributed by atoms with E-state index in [-0.39, 0.29) is 17.4 Å². The standard InChI is InChI=1S/C21H23NO/c1-16(14-15-17-10-6-5-7-11-17)18-12-8-9-13-19(18)20(23)22-21(2,3)4/h5-13,16H,1-4H3,(H,22,23)/t16-/m0/s1. The highest BCUT2D eigenvalue weighted by Crippen LogP contribution is 2.20. The van der Waals surface area contributed by atoms with Gasteiger partial charge in [-0.1, -0.05) is 48.2 Å². The molecule has 1 amide bonds. The summed E-state index contributed by atoms with van der Waals surface area (Å²) in [4.78, 5) is 12.5. The van der Waals surface area contributed by atoms with Gasteiger partial charge < -0.3 is 5.32 Å². The first-order chi connectivity index (χ1) is 10.9. The molecule has 23 heavy (non-hydrogen) atoms. The molecule has 0 radical (unpaired) electrons. The highest BCUT2D eigenvalue weighted by Gasteiger charge is 2.19. The lowest BCUT2D eigenvalue weighted by molar-refractivity contribution is 0.0918. The number of hydrogen-bond acceptors (Lipinski definition) is 1. The largest absolute Gasteiger partial charge is 0.347 e. The summed E-state index contributed by atoms with van der Waals surface area (Å²) in [6.45, 7) is 7.96. The lowest BCUT2D eigenvalue weighted by atomic mass is 9.94. The van der Waals surface area contributed by atoms with Gasteiger partial charge in [-0.15, -0.1) is 0 Å². The summed E-state index contributed by atoms with van der Waals surface area (Å²) >= 11 is 0. The van der Waals surface area contributed by atoms with Crippen LogP contribution in [-0.2, 0) is 0 Å². The predicted octanol–water partition coefficient (Wildman–Crippen LogP) is 4.37. The molecule has 2 aromatic carbocycles. The van der Waals surface area contributed by atoms with Gasteiger partial charge in [-0.05, 0) is 51.5 Å². The molecule has 0 bridgehead atoms. The number of amides is 1. The normalized spacial score (nSPS) is 12.0. The van der Waals surface area contributed by atoms with Crippen LogP contribution in [0.3, 0.4) is 0 Å². The first-order valence-electron chi connectivity index (χ1n) is 7.85. The van der Waals surface area contributed by atoms with Gasteiger partial charge in [0.2, 0.25) is 0 Å². The van der Waals surface area contributed by atoms with Gasteiger partial charge in [0.1, 0.15) is 0 Å². The summed E-state index contributed by atoms with van der Waals surface area (Å²) in [6, 6.07) is 17.6. The van der Waals surface area contributed by atoms with E-state index in [0.29, 0.717) is 5.56 Å². The van der Waals surface area contributed by atoms with Crippen LogP contribution in [0.4, 0.5) is 0 Å². The maximum Gasteiger partial charge on any atom is 0.252 e. The van der Waals surface area contributed by atoms with E-state index in [9.17, 15) is 4.79 Å². The molecule has 0 heterocycles. The van der Waals surface area contributed by atoms with Crippen LogP contribution in [0.5, 0.6) is 0 Å². The van der Waals surface area contributed by atoms with Gasteiger partial charge in [0.15, 0.2) is 0 Å². The molecule has 118 valence electrons. The Morgan fingerprint density at radius 2 is 1.61 bits per heavy atom. The second kappa shape index (κ2) is 7.15. The summed E-state index contributed by atoms with van der Waals surface area (Å²) in [5, 5.41) is 3.02. The Balaban J connectivity index is 2.26. The molecule has 0 unspecified atom stereocenters. The highest BCUT2D eigenvalue weighted by atomic mass is 16.1. The Morgan fingerprint density at radius 1 is 1.00 bits per heavy atom. The summed E-state index contributed by atoms with van der Waals surface area (Å²) in [6.07, 6.45) is 0. The molecule has 0 aliphatic heterocycles. The molecule has 2 aromatic rings. The highest BCUT2D eigenvalue weighted by molar-refractivity contribution is 5.96. The molecule has 0 saturated heterocycles. The van der Waals surface area contributed by atoms with Crippen molar-refractivity contribution in [2.24, 2.45) is 0 Å². The minimum Gasteiger partial charge on any atom is -0.347 e. The van der Waals surface area contributed by atoms with Gasteiger partial charge in [0.25, 0.3) is 5.91 Å². The zero-order chi connectivity index (χ0) is 16.9. The molecule has 0 spiro atoms. The fourth-order valence-electron chi connectivity index (χ4n) is 2.28. The molecule has 0 aliphatic rings. The summed E-state index contributed by atoms with van der Waals surface area (Å²) in [5.41, 5.74) is 2.37. The van der Waals surface area contributed by atoms with Crippen molar-refractivity contribution in [1.82, 2.24) is 5.32 Å². The van der Waals surface area contributed by atoms with E-state index in [1.54, 1.807) is 0 Å². The average molecular weight is 305 g/mol. The van der Waals surface area contributed by atoms with Crippen LogP contribution in [-0.4, -0.2) is 11.4 Å². The molecule has 2 heteroatoms. The van der Waals surface area contributed by atoms with Crippen molar-refractivity contribution in [3.05, 3.63) is 71.3 Å². The topological polar surface area (TPSA) is 29.1 Å². The van der Waals surface area contributed by atoms with Crippen molar-refractivity contribution in [3.8, 4) is 11.8 Å². The molecule has 1 atom stereocenters. The van der Waals surface area contributed by atoms with Gasteiger partial charge in [0, 0.05) is 22.6 Å². The van der Waals surface area contributed by atoms with Crippen LogP contribution in [0.2, 0.25) is 0 Å². The molecule has 2 rings (SSSR count). The quantitative estimate of drug-likeness (QED) is 0.820. The van der Waals surface area contributed by atoms with Gasteiger partial charge in [0.05, 0.1) is 0 Å². The molecule has 0 fully saturated rings. The zero-order valence-corrected chi connectivity index (χ0v) is 14.2. The second-order valence-corrected chi connectivity index (χ2v) is 6.65. The SMILES string of the molecule is C[C@@H](C#Cc1ccccc1)c1ccccc1C(=O)NC(C)(C)C. The fraction of sp³-hybridized carbons (Fsp3) is 0.286. The van der Waals surface area contributed by atoms with E-state index in [4.69, 9.17) is 0 Å². The summed E-state index contributed by atoms with van der Waals surface area (Å²) < 4.78 is 0. The Morgan fingerprint density at radius 3 is 2.26 bits per heavy atom. The number of carbonyl (C=O) groups is 1. The first-order valence-corrected chi connectivity index (χ1v) is 7.85. The minimum absolute atomic E-state index is 0.0166. The Bertz CT molecular complexity index is 730. The number of benzene rings is 2. The zero-order valence-electron chi connectivity index (χ0n) is 14.2. The van der Waals surface area contributed by atoms with E-state index in [2.05, 4.69) is 17.2 Å². The first kappa shape index (κ1) is 16.8. The van der Waals surface area contributed by atoms with Crippen LogP contribution < -0.4 is 5.32 Å². The predicted molar refractivity (Wildman–Crippen MR) is 95.4 cm³/mol. The minimum atomic E-state index is -0.261. The smallest absolute Gasteiger partial charge is 0.252 e. The molecule has 1 N–H and O–H groups in total. The lowest BCUT2D eigenvalue weighted by Crippen LogP contribution is -2.41. The molecular weight excluding hydrogens is 282 g/mol. The monoisotopic (exact) mass is 305 g/mol. The third-order valence-corrected chi connectivity index (χ3v) is 3.37. The molecule has 0 aliphatic carbocycles. The third-order valence-electron chi connectivity index (χ3n) is 3.37. The van der Waals surface area contributed by atoms with Crippen LogP contribution in [0.25, 0.3) is 0 Å². The summed E-state index contributed by atoms with van der Waals surface area (Å²) in [7, 11) is 0. The van der Waals surface area contributed by atoms with Crippen molar-refractivity contribution >= 4 is 5.91 Å². The van der Waals surface area contributed by atoms with Gasteiger partial charge in [-0.3, -0.25) is 4.79 Å². The van der Waals surface area contributed by atoms with E-state index < -0.39 is 0 Å². The van der Waals surface area contributed by atoms with Crippen molar-refractivity contribution in [2.45, 2.75) is 39.2 Å². The van der Waals surface area contributed by atoms with Crippen molar-refractivity contribution in [1.29, 1.82) is 0 Å². The van der Waals surface area contributed by atoms with Crippen LogP contribution >= 0.6 is 0 Å².